The maximum atomic E-state index is 13.7. The van der Waals surface area contributed by atoms with Gasteiger partial charge in [-0.15, -0.1) is 11.3 Å². The van der Waals surface area contributed by atoms with Gasteiger partial charge in [0.2, 0.25) is 5.13 Å². The number of hydrogen-bond acceptors (Lipinski definition) is 4. The molecule has 0 amide bonds. The highest BCUT2D eigenvalue weighted by Gasteiger charge is 2.08. The van der Waals surface area contributed by atoms with Gasteiger partial charge in [-0.05, 0) is 12.1 Å². The maximum Gasteiger partial charge on any atom is 0.203 e. The minimum atomic E-state index is -0.688. The molecular formula is C16H10BrF2N3S. The monoisotopic (exact) mass is 393 g/mol. The Morgan fingerprint density at radius 1 is 1.13 bits per heavy atom. The maximum absolute atomic E-state index is 13.7. The van der Waals surface area contributed by atoms with E-state index in [-0.39, 0.29) is 5.56 Å². The molecule has 0 saturated heterocycles. The first-order valence-corrected chi connectivity index (χ1v) is 8.25. The van der Waals surface area contributed by atoms with E-state index in [4.69, 9.17) is 0 Å². The Morgan fingerprint density at radius 2 is 1.83 bits per heavy atom. The van der Waals surface area contributed by atoms with Gasteiger partial charge in [-0.2, -0.15) is 5.10 Å². The lowest BCUT2D eigenvalue weighted by atomic mass is 10.2. The van der Waals surface area contributed by atoms with Crippen LogP contribution < -0.4 is 5.43 Å². The molecule has 3 aromatic rings. The SMILES string of the molecule is Fc1cc(Br)cc(F)c1C=NNc1nc(-c2ccccc2)cs1. The Hall–Kier alpha value is -2.12. The van der Waals surface area contributed by atoms with Crippen molar-refractivity contribution in [1.82, 2.24) is 4.98 Å². The first kappa shape index (κ1) is 15.8. The Labute approximate surface area is 143 Å². The molecule has 0 atom stereocenters. The van der Waals surface area contributed by atoms with Crippen molar-refractivity contribution in [3.05, 3.63) is 69.5 Å². The highest BCUT2D eigenvalue weighted by molar-refractivity contribution is 9.10. The fraction of sp³-hybridized carbons (Fsp3) is 0. The van der Waals surface area contributed by atoms with Crippen molar-refractivity contribution in [2.75, 3.05) is 5.43 Å². The van der Waals surface area contributed by atoms with Gasteiger partial charge < -0.3 is 0 Å². The van der Waals surface area contributed by atoms with E-state index in [2.05, 4.69) is 31.4 Å². The van der Waals surface area contributed by atoms with Gasteiger partial charge in [0.25, 0.3) is 0 Å². The quantitative estimate of drug-likeness (QED) is 0.482. The molecule has 1 aromatic heterocycles. The summed E-state index contributed by atoms with van der Waals surface area (Å²) < 4.78 is 27.7. The lowest BCUT2D eigenvalue weighted by Crippen LogP contribution is -1.97. The van der Waals surface area contributed by atoms with Crippen LogP contribution in [-0.4, -0.2) is 11.2 Å². The minimum Gasteiger partial charge on any atom is -0.253 e. The standard InChI is InChI=1S/C16H10BrF2N3S/c17-11-6-13(18)12(14(19)7-11)8-20-22-16-21-15(9-23-16)10-4-2-1-3-5-10/h1-9H,(H,21,22). The summed E-state index contributed by atoms with van der Waals surface area (Å²) in [6.45, 7) is 0. The fourth-order valence-electron chi connectivity index (χ4n) is 1.90. The summed E-state index contributed by atoms with van der Waals surface area (Å²) in [7, 11) is 0. The summed E-state index contributed by atoms with van der Waals surface area (Å²) in [5.74, 6) is -1.38. The second kappa shape index (κ2) is 6.97. The van der Waals surface area contributed by atoms with Gasteiger partial charge in [0.05, 0.1) is 17.5 Å². The van der Waals surface area contributed by atoms with Crippen LogP contribution >= 0.6 is 27.3 Å². The van der Waals surface area contributed by atoms with E-state index in [0.29, 0.717) is 9.60 Å². The molecule has 1 N–H and O–H groups in total. The van der Waals surface area contributed by atoms with Gasteiger partial charge in [0, 0.05) is 15.4 Å². The number of nitrogens with one attached hydrogen (secondary N) is 1. The van der Waals surface area contributed by atoms with Crippen molar-refractivity contribution < 1.29 is 8.78 Å². The average molecular weight is 394 g/mol. The summed E-state index contributed by atoms with van der Waals surface area (Å²) >= 11 is 4.39. The topological polar surface area (TPSA) is 37.3 Å². The zero-order valence-corrected chi connectivity index (χ0v) is 14.0. The Morgan fingerprint density at radius 3 is 2.52 bits per heavy atom. The van der Waals surface area contributed by atoms with Crippen molar-refractivity contribution in [2.24, 2.45) is 5.10 Å². The van der Waals surface area contributed by atoms with E-state index in [1.54, 1.807) is 0 Å². The molecule has 1 heterocycles. The predicted molar refractivity (Wildman–Crippen MR) is 92.8 cm³/mol. The van der Waals surface area contributed by atoms with Crippen molar-refractivity contribution >= 4 is 38.6 Å². The fourth-order valence-corrected chi connectivity index (χ4v) is 2.97. The Bertz CT molecular complexity index is 827. The number of anilines is 1. The van der Waals surface area contributed by atoms with Gasteiger partial charge in [0.15, 0.2) is 0 Å². The van der Waals surface area contributed by atoms with Gasteiger partial charge in [-0.25, -0.2) is 13.8 Å². The van der Waals surface area contributed by atoms with E-state index >= 15 is 0 Å². The zero-order chi connectivity index (χ0) is 16.2. The number of halogens is 3. The molecule has 0 saturated carbocycles. The van der Waals surface area contributed by atoms with Gasteiger partial charge in [-0.3, -0.25) is 5.43 Å². The second-order valence-corrected chi connectivity index (χ2v) is 6.33. The highest BCUT2D eigenvalue weighted by atomic mass is 79.9. The second-order valence-electron chi connectivity index (χ2n) is 4.56. The molecule has 7 heteroatoms. The molecule has 116 valence electrons. The molecule has 0 spiro atoms. The molecule has 0 aliphatic heterocycles. The molecule has 23 heavy (non-hydrogen) atoms. The number of hydrazone groups is 1. The molecule has 0 fully saturated rings. The van der Waals surface area contributed by atoms with Crippen molar-refractivity contribution in [1.29, 1.82) is 0 Å². The number of rotatable bonds is 4. The number of nitrogens with zero attached hydrogens (tertiary/aromatic N) is 2. The zero-order valence-electron chi connectivity index (χ0n) is 11.6. The highest BCUT2D eigenvalue weighted by Crippen LogP contribution is 2.24. The first-order chi connectivity index (χ1) is 11.1. The third-order valence-corrected chi connectivity index (χ3v) is 4.18. The van der Waals surface area contributed by atoms with Gasteiger partial charge in [-0.1, -0.05) is 46.3 Å². The van der Waals surface area contributed by atoms with E-state index in [1.807, 2.05) is 35.7 Å². The van der Waals surface area contributed by atoms with Crippen LogP contribution in [0.25, 0.3) is 11.3 Å². The number of benzene rings is 2. The molecule has 0 aliphatic carbocycles. The number of aromatic nitrogens is 1. The van der Waals surface area contributed by atoms with E-state index < -0.39 is 11.6 Å². The minimum absolute atomic E-state index is 0.208. The Kier molecular flexibility index (Phi) is 4.78. The summed E-state index contributed by atoms with van der Waals surface area (Å²) in [4.78, 5) is 4.37. The third-order valence-electron chi connectivity index (χ3n) is 2.97. The average Bonchev–Trinajstić information content (AvgIpc) is 2.99. The van der Waals surface area contributed by atoms with Gasteiger partial charge >= 0.3 is 0 Å². The van der Waals surface area contributed by atoms with Crippen LogP contribution in [0.4, 0.5) is 13.9 Å². The van der Waals surface area contributed by atoms with E-state index in [1.165, 1.54) is 23.5 Å². The lowest BCUT2D eigenvalue weighted by molar-refractivity contribution is 0.578. The van der Waals surface area contributed by atoms with E-state index in [9.17, 15) is 8.78 Å². The number of thiazole rings is 1. The van der Waals surface area contributed by atoms with Crippen LogP contribution in [0.2, 0.25) is 0 Å². The summed E-state index contributed by atoms with van der Waals surface area (Å²) in [6, 6.07) is 12.1. The third kappa shape index (κ3) is 3.80. The van der Waals surface area contributed by atoms with E-state index in [0.717, 1.165) is 17.5 Å². The van der Waals surface area contributed by atoms with Crippen molar-refractivity contribution in [3.8, 4) is 11.3 Å². The van der Waals surface area contributed by atoms with Crippen LogP contribution in [0.3, 0.4) is 0 Å². The Balaban J connectivity index is 1.73. The van der Waals surface area contributed by atoms with Crippen LogP contribution in [0.5, 0.6) is 0 Å². The first-order valence-electron chi connectivity index (χ1n) is 6.58. The normalized spacial score (nSPS) is 11.1. The molecular weight excluding hydrogens is 384 g/mol. The molecule has 0 bridgehead atoms. The van der Waals surface area contributed by atoms with Crippen LogP contribution in [0, 0.1) is 11.6 Å². The predicted octanol–water partition coefficient (Wildman–Crippen LogP) is 5.30. The van der Waals surface area contributed by atoms with Crippen LogP contribution in [0.1, 0.15) is 5.56 Å². The summed E-state index contributed by atoms with van der Waals surface area (Å²) in [5, 5.41) is 6.27. The molecule has 0 radical (unpaired) electrons. The summed E-state index contributed by atoms with van der Waals surface area (Å²) in [5.41, 5.74) is 4.28. The molecule has 3 rings (SSSR count). The van der Waals surface area contributed by atoms with Crippen LogP contribution in [0.15, 0.2) is 57.4 Å². The number of hydrogen-bond donors (Lipinski definition) is 1. The molecule has 2 aromatic carbocycles. The largest absolute Gasteiger partial charge is 0.253 e. The van der Waals surface area contributed by atoms with Gasteiger partial charge in [0.1, 0.15) is 11.6 Å². The molecule has 0 unspecified atom stereocenters. The summed E-state index contributed by atoms with van der Waals surface area (Å²) in [6.07, 6.45) is 1.10. The van der Waals surface area contributed by atoms with Crippen LogP contribution in [-0.2, 0) is 0 Å². The molecule has 0 aliphatic rings. The van der Waals surface area contributed by atoms with Crippen molar-refractivity contribution in [3.63, 3.8) is 0 Å². The molecule has 3 nitrogen and oxygen atoms in total. The smallest absolute Gasteiger partial charge is 0.203 e. The van der Waals surface area contributed by atoms with Crippen molar-refractivity contribution in [2.45, 2.75) is 0 Å². The lowest BCUT2D eigenvalue weighted by Gasteiger charge is -2.00.